The van der Waals surface area contributed by atoms with Crippen LogP contribution in [0.2, 0.25) is 0 Å². The van der Waals surface area contributed by atoms with Crippen LogP contribution in [-0.2, 0) is 13.0 Å². The van der Waals surface area contributed by atoms with Gasteiger partial charge in [0.25, 0.3) is 5.56 Å². The first-order valence-corrected chi connectivity index (χ1v) is 7.25. The molecule has 0 aliphatic rings. The minimum atomic E-state index is -0.120. The molecule has 0 atom stereocenters. The van der Waals surface area contributed by atoms with Gasteiger partial charge in [-0.3, -0.25) is 4.79 Å². The standard InChI is InChI=1S/C14H17BrN4O/c1-2-19-14(20)13(15)12(9-18-19)17-8-7-10-3-5-11(16)6-4-10/h3-6,9,17H,2,7-8,16H2,1H3. The molecule has 5 nitrogen and oxygen atoms in total. The van der Waals surface area contributed by atoms with Crippen molar-refractivity contribution in [1.29, 1.82) is 0 Å². The van der Waals surface area contributed by atoms with Crippen LogP contribution < -0.4 is 16.6 Å². The number of nitrogen functional groups attached to an aromatic ring is 1. The Morgan fingerprint density at radius 1 is 1.35 bits per heavy atom. The van der Waals surface area contributed by atoms with E-state index < -0.39 is 0 Å². The molecule has 20 heavy (non-hydrogen) atoms. The van der Waals surface area contributed by atoms with Gasteiger partial charge in [0.05, 0.1) is 11.9 Å². The van der Waals surface area contributed by atoms with Crippen LogP contribution in [0.5, 0.6) is 0 Å². The molecule has 0 radical (unpaired) electrons. The van der Waals surface area contributed by atoms with Gasteiger partial charge >= 0.3 is 0 Å². The minimum Gasteiger partial charge on any atom is -0.399 e. The molecule has 0 unspecified atom stereocenters. The average molecular weight is 337 g/mol. The number of aromatic nitrogens is 2. The van der Waals surface area contributed by atoms with Crippen LogP contribution in [0.3, 0.4) is 0 Å². The Morgan fingerprint density at radius 3 is 2.70 bits per heavy atom. The van der Waals surface area contributed by atoms with E-state index in [0.29, 0.717) is 11.0 Å². The maximum absolute atomic E-state index is 11.9. The molecule has 106 valence electrons. The molecule has 3 N–H and O–H groups in total. The van der Waals surface area contributed by atoms with Gasteiger partial charge in [-0.2, -0.15) is 5.10 Å². The lowest BCUT2D eigenvalue weighted by atomic mass is 10.1. The van der Waals surface area contributed by atoms with Crippen molar-refractivity contribution >= 4 is 27.3 Å². The minimum absolute atomic E-state index is 0.120. The van der Waals surface area contributed by atoms with Crippen molar-refractivity contribution in [2.24, 2.45) is 0 Å². The van der Waals surface area contributed by atoms with Gasteiger partial charge in [0.2, 0.25) is 0 Å². The number of rotatable bonds is 5. The summed E-state index contributed by atoms with van der Waals surface area (Å²) >= 11 is 3.32. The summed E-state index contributed by atoms with van der Waals surface area (Å²) in [4.78, 5) is 11.9. The van der Waals surface area contributed by atoms with Gasteiger partial charge in [0, 0.05) is 18.8 Å². The predicted octanol–water partition coefficient (Wildman–Crippen LogP) is 2.26. The third kappa shape index (κ3) is 3.39. The Balaban J connectivity index is 1.99. The molecule has 0 amide bonds. The number of hydrogen-bond donors (Lipinski definition) is 2. The molecule has 0 aliphatic carbocycles. The maximum atomic E-state index is 11.9. The molecule has 1 aromatic heterocycles. The van der Waals surface area contributed by atoms with Crippen LogP contribution in [0.25, 0.3) is 0 Å². The lowest BCUT2D eigenvalue weighted by molar-refractivity contribution is 0.613. The highest BCUT2D eigenvalue weighted by atomic mass is 79.9. The van der Waals surface area contributed by atoms with Crippen molar-refractivity contribution in [3.8, 4) is 0 Å². The summed E-state index contributed by atoms with van der Waals surface area (Å²) in [5.41, 5.74) is 8.19. The number of hydrogen-bond acceptors (Lipinski definition) is 4. The third-order valence-electron chi connectivity index (χ3n) is 2.99. The van der Waals surface area contributed by atoms with E-state index in [-0.39, 0.29) is 5.56 Å². The van der Waals surface area contributed by atoms with E-state index >= 15 is 0 Å². The lowest BCUT2D eigenvalue weighted by Gasteiger charge is -2.09. The lowest BCUT2D eigenvalue weighted by Crippen LogP contribution is -2.23. The zero-order valence-corrected chi connectivity index (χ0v) is 12.9. The number of nitrogens with zero attached hydrogens (tertiary/aromatic N) is 2. The Kier molecular flexibility index (Phi) is 4.79. The summed E-state index contributed by atoms with van der Waals surface area (Å²) in [5, 5.41) is 7.30. The van der Waals surface area contributed by atoms with Crippen molar-refractivity contribution in [3.05, 3.63) is 50.9 Å². The first kappa shape index (κ1) is 14.6. The zero-order chi connectivity index (χ0) is 14.5. The fourth-order valence-electron chi connectivity index (χ4n) is 1.84. The summed E-state index contributed by atoms with van der Waals surface area (Å²) in [5.74, 6) is 0. The van der Waals surface area contributed by atoms with Crippen LogP contribution in [-0.4, -0.2) is 16.3 Å². The fourth-order valence-corrected chi connectivity index (χ4v) is 2.29. The third-order valence-corrected chi connectivity index (χ3v) is 3.76. The van der Waals surface area contributed by atoms with E-state index in [9.17, 15) is 4.79 Å². The van der Waals surface area contributed by atoms with Crippen molar-refractivity contribution in [1.82, 2.24) is 9.78 Å². The molecule has 0 spiro atoms. The molecule has 0 bridgehead atoms. The highest BCUT2D eigenvalue weighted by Crippen LogP contribution is 2.16. The Morgan fingerprint density at radius 2 is 2.05 bits per heavy atom. The Hall–Kier alpha value is -1.82. The van der Waals surface area contributed by atoms with Gasteiger partial charge in [0.1, 0.15) is 4.47 Å². The van der Waals surface area contributed by atoms with Crippen LogP contribution >= 0.6 is 15.9 Å². The van der Waals surface area contributed by atoms with Gasteiger partial charge in [-0.1, -0.05) is 12.1 Å². The van der Waals surface area contributed by atoms with Crippen molar-refractivity contribution in [2.75, 3.05) is 17.6 Å². The number of nitrogens with one attached hydrogen (secondary N) is 1. The quantitative estimate of drug-likeness (QED) is 0.821. The highest BCUT2D eigenvalue weighted by molar-refractivity contribution is 9.10. The smallest absolute Gasteiger partial charge is 0.283 e. The fraction of sp³-hybridized carbons (Fsp3) is 0.286. The van der Waals surface area contributed by atoms with Gasteiger partial charge in [0.15, 0.2) is 0 Å². The van der Waals surface area contributed by atoms with Gasteiger partial charge in [-0.05, 0) is 47.0 Å². The molecule has 6 heteroatoms. The predicted molar refractivity (Wildman–Crippen MR) is 84.9 cm³/mol. The molecule has 1 aromatic carbocycles. The average Bonchev–Trinajstić information content (AvgIpc) is 2.46. The van der Waals surface area contributed by atoms with Crippen molar-refractivity contribution < 1.29 is 0 Å². The number of nitrogens with two attached hydrogens (primary N) is 1. The van der Waals surface area contributed by atoms with Crippen LogP contribution in [0.1, 0.15) is 12.5 Å². The summed E-state index contributed by atoms with van der Waals surface area (Å²) in [6.07, 6.45) is 2.52. The molecule has 1 heterocycles. The molecule has 0 fully saturated rings. The highest BCUT2D eigenvalue weighted by Gasteiger charge is 2.07. The van der Waals surface area contributed by atoms with Gasteiger partial charge in [-0.15, -0.1) is 0 Å². The Bertz CT molecular complexity index is 637. The van der Waals surface area contributed by atoms with Crippen LogP contribution in [0, 0.1) is 0 Å². The molecule has 0 aliphatic heterocycles. The normalized spacial score (nSPS) is 10.5. The second-order valence-corrected chi connectivity index (χ2v) is 5.20. The first-order valence-electron chi connectivity index (χ1n) is 6.45. The second-order valence-electron chi connectivity index (χ2n) is 4.41. The molecule has 0 saturated carbocycles. The molecule has 2 aromatic rings. The van der Waals surface area contributed by atoms with Crippen LogP contribution in [0.15, 0.2) is 39.7 Å². The monoisotopic (exact) mass is 336 g/mol. The molecule has 0 saturated heterocycles. The summed E-state index contributed by atoms with van der Waals surface area (Å²) < 4.78 is 1.93. The topological polar surface area (TPSA) is 72.9 Å². The summed E-state index contributed by atoms with van der Waals surface area (Å²) in [6.45, 7) is 3.16. The second kappa shape index (κ2) is 6.56. The van der Waals surface area contributed by atoms with E-state index in [2.05, 4.69) is 26.3 Å². The van der Waals surface area contributed by atoms with E-state index in [1.807, 2.05) is 31.2 Å². The maximum Gasteiger partial charge on any atom is 0.283 e. The summed E-state index contributed by atoms with van der Waals surface area (Å²) in [6, 6.07) is 7.77. The van der Waals surface area contributed by atoms with Crippen LogP contribution in [0.4, 0.5) is 11.4 Å². The number of anilines is 2. The van der Waals surface area contributed by atoms with E-state index in [1.54, 1.807) is 6.20 Å². The van der Waals surface area contributed by atoms with E-state index in [4.69, 9.17) is 5.73 Å². The van der Waals surface area contributed by atoms with Gasteiger partial charge < -0.3 is 11.1 Å². The first-order chi connectivity index (χ1) is 9.61. The largest absolute Gasteiger partial charge is 0.399 e. The van der Waals surface area contributed by atoms with Crippen molar-refractivity contribution in [2.45, 2.75) is 19.9 Å². The number of halogens is 1. The molecule has 2 rings (SSSR count). The molecular formula is C14H17BrN4O. The van der Waals surface area contributed by atoms with Crippen molar-refractivity contribution in [3.63, 3.8) is 0 Å². The van der Waals surface area contributed by atoms with Gasteiger partial charge in [-0.25, -0.2) is 4.68 Å². The van der Waals surface area contributed by atoms with E-state index in [0.717, 1.165) is 24.3 Å². The zero-order valence-electron chi connectivity index (χ0n) is 11.3. The summed E-state index contributed by atoms with van der Waals surface area (Å²) in [7, 11) is 0. The number of aryl methyl sites for hydroxylation is 1. The number of benzene rings is 1. The SMILES string of the molecule is CCn1ncc(NCCc2ccc(N)cc2)c(Br)c1=O. The molecular weight excluding hydrogens is 320 g/mol. The Labute approximate surface area is 125 Å². The van der Waals surface area contributed by atoms with E-state index in [1.165, 1.54) is 10.2 Å².